The number of carbonyl (C=O) groups is 1. The summed E-state index contributed by atoms with van der Waals surface area (Å²) in [4.78, 5) is 14.1. The topological polar surface area (TPSA) is 29.5 Å². The minimum absolute atomic E-state index is 0.0294. The van der Waals surface area contributed by atoms with E-state index in [1.807, 2.05) is 0 Å². The van der Waals surface area contributed by atoms with Crippen molar-refractivity contribution in [2.75, 3.05) is 26.2 Å². The van der Waals surface area contributed by atoms with Crippen molar-refractivity contribution >= 4 is 5.97 Å². The molecule has 0 unspecified atom stereocenters. The Kier molecular flexibility index (Phi) is 21.8. The lowest BCUT2D eigenvalue weighted by Gasteiger charge is -2.25. The third kappa shape index (κ3) is 21.2. The summed E-state index contributed by atoms with van der Waals surface area (Å²) in [5, 5.41) is 0. The van der Waals surface area contributed by atoms with Gasteiger partial charge in [0.2, 0.25) is 0 Å². The number of allylic oxidation sites excluding steroid dienone is 4. The first kappa shape index (κ1) is 29.9. The van der Waals surface area contributed by atoms with Crippen LogP contribution in [0.1, 0.15) is 135 Å². The highest BCUT2D eigenvalue weighted by Gasteiger charge is 2.14. The van der Waals surface area contributed by atoms with Crippen LogP contribution in [-0.4, -0.2) is 37.1 Å². The minimum Gasteiger partial charge on any atom is -0.465 e. The van der Waals surface area contributed by atoms with Crippen LogP contribution in [0, 0.1) is 0 Å². The smallest absolute Gasteiger partial charge is 0.320 e. The van der Waals surface area contributed by atoms with Gasteiger partial charge in [-0.1, -0.05) is 108 Å². The second kappa shape index (κ2) is 24.0. The number of nitrogens with zero attached hydrogens (tertiary/aromatic N) is 1. The van der Waals surface area contributed by atoms with E-state index in [-0.39, 0.29) is 5.97 Å². The molecule has 0 aromatic carbocycles. The van der Waals surface area contributed by atoms with Crippen LogP contribution >= 0.6 is 0 Å². The highest BCUT2D eigenvalue weighted by atomic mass is 16.5. The average Bonchev–Trinajstić information content (AvgIpc) is 2.83. The fraction of sp³-hybridized carbons (Fsp3) is 0.833. The molecule has 1 saturated heterocycles. The molecule has 0 N–H and O–H groups in total. The largest absolute Gasteiger partial charge is 0.465 e. The molecule has 0 saturated carbocycles. The van der Waals surface area contributed by atoms with Crippen molar-refractivity contribution in [2.45, 2.75) is 135 Å². The van der Waals surface area contributed by atoms with Gasteiger partial charge in [0.05, 0.1) is 13.2 Å². The summed E-state index contributed by atoms with van der Waals surface area (Å²) >= 11 is 0. The maximum Gasteiger partial charge on any atom is 0.320 e. The molecule has 1 rings (SSSR count). The molecule has 3 heteroatoms. The molecular formula is C30H55NO2. The van der Waals surface area contributed by atoms with Gasteiger partial charge in [-0.3, -0.25) is 9.69 Å². The SMILES string of the molecule is CCCCCC=CCC=CCCCCCCCCCCCCCOC(=O)CN1CCCCC1. The summed E-state index contributed by atoms with van der Waals surface area (Å²) in [6.45, 7) is 5.48. The first-order valence-corrected chi connectivity index (χ1v) is 14.5. The van der Waals surface area contributed by atoms with Crippen LogP contribution in [0.5, 0.6) is 0 Å². The molecule has 0 atom stereocenters. The highest BCUT2D eigenvalue weighted by molar-refractivity contribution is 5.71. The highest BCUT2D eigenvalue weighted by Crippen LogP contribution is 2.13. The molecule has 1 aliphatic heterocycles. The monoisotopic (exact) mass is 461 g/mol. The van der Waals surface area contributed by atoms with Gasteiger partial charge in [0.25, 0.3) is 0 Å². The molecule has 1 fully saturated rings. The molecule has 0 aliphatic carbocycles. The lowest BCUT2D eigenvalue weighted by molar-refractivity contribution is -0.145. The summed E-state index contributed by atoms with van der Waals surface area (Å²) in [6, 6.07) is 0. The summed E-state index contributed by atoms with van der Waals surface area (Å²) in [5.41, 5.74) is 0. The van der Waals surface area contributed by atoms with Crippen LogP contribution in [0.15, 0.2) is 24.3 Å². The Hall–Kier alpha value is -1.09. The number of hydrogen-bond acceptors (Lipinski definition) is 3. The number of piperidine rings is 1. The molecule has 1 aliphatic rings. The van der Waals surface area contributed by atoms with E-state index in [9.17, 15) is 4.79 Å². The van der Waals surface area contributed by atoms with Crippen molar-refractivity contribution < 1.29 is 9.53 Å². The number of rotatable bonds is 22. The fourth-order valence-electron chi connectivity index (χ4n) is 4.51. The quantitative estimate of drug-likeness (QED) is 0.0916. The number of ether oxygens (including phenoxy) is 1. The predicted octanol–water partition coefficient (Wildman–Crippen LogP) is 8.78. The van der Waals surface area contributed by atoms with E-state index >= 15 is 0 Å². The number of likely N-dealkylation sites (tertiary alicyclic amines) is 1. The summed E-state index contributed by atoms with van der Waals surface area (Å²) < 4.78 is 5.40. The van der Waals surface area contributed by atoms with E-state index < -0.39 is 0 Å². The minimum atomic E-state index is -0.0294. The van der Waals surface area contributed by atoms with Crippen molar-refractivity contribution in [1.29, 1.82) is 0 Å². The zero-order valence-electron chi connectivity index (χ0n) is 22.0. The van der Waals surface area contributed by atoms with E-state index in [0.29, 0.717) is 13.2 Å². The van der Waals surface area contributed by atoms with Crippen LogP contribution in [0.3, 0.4) is 0 Å². The summed E-state index contributed by atoms with van der Waals surface area (Å²) in [6.07, 6.45) is 35.2. The third-order valence-electron chi connectivity index (χ3n) is 6.66. The number of esters is 1. The summed E-state index contributed by atoms with van der Waals surface area (Å²) in [5.74, 6) is -0.0294. The van der Waals surface area contributed by atoms with Gasteiger partial charge in [0.1, 0.15) is 0 Å². The van der Waals surface area contributed by atoms with Crippen molar-refractivity contribution in [2.24, 2.45) is 0 Å². The van der Waals surface area contributed by atoms with Gasteiger partial charge in [-0.15, -0.1) is 0 Å². The van der Waals surface area contributed by atoms with Gasteiger partial charge in [0, 0.05) is 0 Å². The number of unbranched alkanes of at least 4 members (excludes halogenated alkanes) is 14. The molecule has 1 heterocycles. The van der Waals surface area contributed by atoms with Crippen LogP contribution < -0.4 is 0 Å². The maximum atomic E-state index is 11.9. The van der Waals surface area contributed by atoms with Gasteiger partial charge >= 0.3 is 5.97 Å². The van der Waals surface area contributed by atoms with Gasteiger partial charge in [-0.2, -0.15) is 0 Å². The standard InChI is InChI=1S/C30H55NO2/c1-2-3-4-5-6-7-8-9-10-11-12-13-14-15-16-17-18-19-20-21-25-28-33-30(32)29-31-26-23-22-24-27-31/h6-7,9-10H,2-5,8,11-29H2,1H3. The molecule has 3 nitrogen and oxygen atoms in total. The van der Waals surface area contributed by atoms with Crippen LogP contribution in [0.2, 0.25) is 0 Å². The van der Waals surface area contributed by atoms with E-state index in [2.05, 4.69) is 36.1 Å². The average molecular weight is 462 g/mol. The summed E-state index contributed by atoms with van der Waals surface area (Å²) in [7, 11) is 0. The Bertz CT molecular complexity index is 480. The second-order valence-corrected chi connectivity index (χ2v) is 9.91. The van der Waals surface area contributed by atoms with E-state index in [1.165, 1.54) is 116 Å². The van der Waals surface area contributed by atoms with E-state index in [0.717, 1.165) is 25.9 Å². The first-order chi connectivity index (χ1) is 16.3. The number of hydrogen-bond donors (Lipinski definition) is 0. The first-order valence-electron chi connectivity index (χ1n) is 14.5. The fourth-order valence-corrected chi connectivity index (χ4v) is 4.51. The molecular weight excluding hydrogens is 406 g/mol. The van der Waals surface area contributed by atoms with Gasteiger partial charge in [0.15, 0.2) is 0 Å². The van der Waals surface area contributed by atoms with Crippen LogP contribution in [-0.2, 0) is 9.53 Å². The zero-order chi connectivity index (χ0) is 23.7. The number of carbonyl (C=O) groups excluding carboxylic acids is 1. The molecule has 0 radical (unpaired) electrons. The third-order valence-corrected chi connectivity index (χ3v) is 6.66. The zero-order valence-corrected chi connectivity index (χ0v) is 22.0. The Morgan fingerprint density at radius 1 is 0.667 bits per heavy atom. The van der Waals surface area contributed by atoms with Crippen LogP contribution in [0.4, 0.5) is 0 Å². The van der Waals surface area contributed by atoms with Crippen molar-refractivity contribution in [1.82, 2.24) is 4.90 Å². The Labute approximate surface area is 206 Å². The molecule has 0 spiro atoms. The maximum absolute atomic E-state index is 11.9. The van der Waals surface area contributed by atoms with Crippen molar-refractivity contribution in [3.63, 3.8) is 0 Å². The second-order valence-electron chi connectivity index (χ2n) is 9.91. The molecule has 0 amide bonds. The van der Waals surface area contributed by atoms with Gasteiger partial charge in [-0.25, -0.2) is 0 Å². The van der Waals surface area contributed by atoms with E-state index in [4.69, 9.17) is 4.74 Å². The normalized spacial score (nSPS) is 15.1. The lowest BCUT2D eigenvalue weighted by Crippen LogP contribution is -2.35. The predicted molar refractivity (Wildman–Crippen MR) is 144 cm³/mol. The van der Waals surface area contributed by atoms with Crippen molar-refractivity contribution in [3.8, 4) is 0 Å². The Balaban J connectivity index is 1.72. The Morgan fingerprint density at radius 3 is 1.76 bits per heavy atom. The van der Waals surface area contributed by atoms with Gasteiger partial charge < -0.3 is 4.74 Å². The van der Waals surface area contributed by atoms with Crippen LogP contribution in [0.25, 0.3) is 0 Å². The Morgan fingerprint density at radius 2 is 1.18 bits per heavy atom. The molecule has 0 aromatic heterocycles. The van der Waals surface area contributed by atoms with E-state index in [1.54, 1.807) is 0 Å². The molecule has 0 bridgehead atoms. The van der Waals surface area contributed by atoms with Crippen molar-refractivity contribution in [3.05, 3.63) is 24.3 Å². The van der Waals surface area contributed by atoms with Gasteiger partial charge in [-0.05, 0) is 64.5 Å². The molecule has 33 heavy (non-hydrogen) atoms. The lowest BCUT2D eigenvalue weighted by atomic mass is 10.1. The molecule has 0 aromatic rings. The molecule has 192 valence electrons.